The molecule has 0 bridgehead atoms. The maximum atomic E-state index is 14.3. The Morgan fingerprint density at radius 1 is 0.532 bits per heavy atom. The molecule has 8 fully saturated rings. The Kier molecular flexibility index (Phi) is 20.5. The predicted molar refractivity (Wildman–Crippen MR) is 377 cm³/mol. The molecule has 11 aliphatic rings. The van der Waals surface area contributed by atoms with Crippen molar-refractivity contribution < 1.29 is 38.1 Å². The number of rotatable bonds is 27. The van der Waals surface area contributed by atoms with E-state index in [9.17, 15) is 19.2 Å². The van der Waals surface area contributed by atoms with E-state index in [1.165, 1.54) is 106 Å². The number of esters is 2. The normalized spacial score (nSPS) is 34.8. The Balaban J connectivity index is 0.617. The number of hydrogen-bond acceptors (Lipinski definition) is 11. The van der Waals surface area contributed by atoms with Crippen LogP contribution in [0.1, 0.15) is 244 Å². The van der Waals surface area contributed by atoms with Gasteiger partial charge >= 0.3 is 11.9 Å². The molecule has 16 atom stereocenters. The van der Waals surface area contributed by atoms with E-state index in [1.54, 1.807) is 0 Å². The summed E-state index contributed by atoms with van der Waals surface area (Å²) in [6, 6.07) is 7.97. The van der Waals surface area contributed by atoms with Crippen molar-refractivity contribution in [2.45, 2.75) is 236 Å². The number of anilines is 2. The molecule has 0 spiro atoms. The highest BCUT2D eigenvalue weighted by atomic mass is 16.6. The molecule has 12 unspecified atom stereocenters. The average Bonchev–Trinajstić information content (AvgIpc) is 1.31. The van der Waals surface area contributed by atoms with Crippen molar-refractivity contribution in [2.75, 3.05) is 88.6 Å². The third-order valence-electron chi connectivity index (χ3n) is 28.7. The van der Waals surface area contributed by atoms with Gasteiger partial charge in [-0.3, -0.25) is 29.0 Å². The summed E-state index contributed by atoms with van der Waals surface area (Å²) >= 11 is 0. The third kappa shape index (κ3) is 13.1. The van der Waals surface area contributed by atoms with Gasteiger partial charge in [-0.1, -0.05) is 131 Å². The lowest BCUT2D eigenvalue weighted by molar-refractivity contribution is -0.157. The van der Waals surface area contributed by atoms with Crippen molar-refractivity contribution in [1.29, 1.82) is 0 Å². The molecular weight excluding hydrogens is 1170 g/mol. The van der Waals surface area contributed by atoms with Crippen molar-refractivity contribution in [1.82, 2.24) is 9.80 Å². The number of amides is 2. The molecule has 2 saturated heterocycles. The van der Waals surface area contributed by atoms with Gasteiger partial charge in [0.15, 0.2) is 0 Å². The van der Waals surface area contributed by atoms with E-state index in [4.69, 9.17) is 18.9 Å². The maximum absolute atomic E-state index is 14.3. The van der Waals surface area contributed by atoms with Crippen LogP contribution in [0.2, 0.25) is 0 Å². The predicted octanol–water partition coefficient (Wildman–Crippen LogP) is 17.1. The van der Waals surface area contributed by atoms with Crippen molar-refractivity contribution in [2.24, 2.45) is 92.7 Å². The lowest BCUT2D eigenvalue weighted by atomic mass is 9.47. The minimum absolute atomic E-state index is 0.0215. The van der Waals surface area contributed by atoms with Crippen molar-refractivity contribution in [3.8, 4) is 0 Å². The third-order valence-corrected chi connectivity index (χ3v) is 28.7. The lowest BCUT2D eigenvalue weighted by Gasteiger charge is -2.58. The van der Waals surface area contributed by atoms with Crippen LogP contribution in [0.25, 0.3) is 10.8 Å². The zero-order valence-corrected chi connectivity index (χ0v) is 60.1. The van der Waals surface area contributed by atoms with Crippen LogP contribution in [0, 0.1) is 92.7 Å². The molecule has 94 heavy (non-hydrogen) atoms. The highest BCUT2D eigenvalue weighted by Gasteiger charge is 2.61. The largest absolute Gasteiger partial charge is 0.461 e. The minimum atomic E-state index is -0.297. The first-order valence-corrected chi connectivity index (χ1v) is 38.8. The molecular formula is C82H122N4O8. The van der Waals surface area contributed by atoms with Gasteiger partial charge in [-0.25, -0.2) is 0 Å². The summed E-state index contributed by atoms with van der Waals surface area (Å²) in [5.74, 6) is 8.17. The number of nitrogens with zero attached hydrogens (tertiary/aromatic N) is 4. The number of carbonyl (C=O) groups is 4. The van der Waals surface area contributed by atoms with Crippen molar-refractivity contribution in [3.05, 3.63) is 58.7 Å². The molecule has 518 valence electrons. The second-order valence-corrected chi connectivity index (χ2v) is 34.7. The summed E-state index contributed by atoms with van der Waals surface area (Å²) in [6.07, 6.45) is 33.9. The second kappa shape index (κ2) is 28.2. The number of ether oxygens (including phenoxy) is 4. The van der Waals surface area contributed by atoms with E-state index in [0.29, 0.717) is 40.3 Å². The molecule has 0 aromatic heterocycles. The quantitative estimate of drug-likeness (QED) is 0.0368. The van der Waals surface area contributed by atoms with Crippen LogP contribution >= 0.6 is 0 Å². The molecule has 0 N–H and O–H groups in total. The van der Waals surface area contributed by atoms with Gasteiger partial charge < -0.3 is 28.7 Å². The summed E-state index contributed by atoms with van der Waals surface area (Å²) in [6.45, 7) is 30.4. The SMILES string of the molecule is CC(C)CCCC(C)C1CCC2C3CC=C4CC(OC(=O)CN(CCOCCOCCN5C(=O)c6ccc(N7CCC7)c7c(N8CCC8)ccc(c67)C5=O)CC(=O)OC5CC[C@@]6(C)C(=CCC7C8CCC(C(C)CCCC(C)C)[C@@]8(C)CCC76)C5)CC[C@]4(C)C3CC[C@]12C. The van der Waals surface area contributed by atoms with E-state index in [0.717, 1.165) is 172 Å². The fraction of sp³-hybridized carbons (Fsp3) is 0.780. The number of benzene rings is 2. The van der Waals surface area contributed by atoms with E-state index in [-0.39, 0.29) is 92.9 Å². The van der Waals surface area contributed by atoms with Crippen molar-refractivity contribution >= 4 is 45.9 Å². The Bertz CT molecular complexity index is 2950. The summed E-state index contributed by atoms with van der Waals surface area (Å²) in [7, 11) is 0. The summed E-state index contributed by atoms with van der Waals surface area (Å²) in [5, 5.41) is 1.80. The number of allylic oxidation sites excluding steroid dienone is 2. The molecule has 8 aliphatic carbocycles. The number of carbonyl (C=O) groups excluding carboxylic acids is 4. The van der Waals surface area contributed by atoms with Crippen LogP contribution in [-0.2, 0) is 28.5 Å². The van der Waals surface area contributed by atoms with Gasteiger partial charge in [-0.05, 0) is 220 Å². The summed E-state index contributed by atoms with van der Waals surface area (Å²) in [5.41, 5.74) is 7.58. The van der Waals surface area contributed by atoms with Crippen LogP contribution in [0.5, 0.6) is 0 Å². The van der Waals surface area contributed by atoms with Gasteiger partial charge in [0, 0.05) is 78.8 Å². The highest BCUT2D eigenvalue weighted by molar-refractivity contribution is 6.28. The van der Waals surface area contributed by atoms with E-state index < -0.39 is 0 Å². The number of hydrogen-bond donors (Lipinski definition) is 0. The molecule has 12 heteroatoms. The van der Waals surface area contributed by atoms with Crippen LogP contribution in [0.3, 0.4) is 0 Å². The van der Waals surface area contributed by atoms with E-state index in [1.807, 2.05) is 17.0 Å². The molecule has 0 radical (unpaired) electrons. The van der Waals surface area contributed by atoms with Crippen LogP contribution in [0.4, 0.5) is 11.4 Å². The van der Waals surface area contributed by atoms with Crippen LogP contribution < -0.4 is 9.80 Å². The fourth-order valence-electron chi connectivity index (χ4n) is 23.2. The molecule has 2 amide bonds. The molecule has 13 rings (SSSR count). The van der Waals surface area contributed by atoms with Crippen molar-refractivity contribution in [3.63, 3.8) is 0 Å². The first-order chi connectivity index (χ1) is 45.2. The van der Waals surface area contributed by atoms with Gasteiger partial charge in [0.2, 0.25) is 0 Å². The molecule has 12 nitrogen and oxygen atoms in total. The van der Waals surface area contributed by atoms with Gasteiger partial charge in [-0.2, -0.15) is 0 Å². The average molecular weight is 1290 g/mol. The monoisotopic (exact) mass is 1290 g/mol. The van der Waals surface area contributed by atoms with Gasteiger partial charge in [0.1, 0.15) is 12.2 Å². The van der Waals surface area contributed by atoms with E-state index in [2.05, 4.69) is 103 Å². The zero-order chi connectivity index (χ0) is 65.8. The van der Waals surface area contributed by atoms with Gasteiger partial charge in [0.25, 0.3) is 11.8 Å². The molecule has 6 saturated carbocycles. The standard InChI is InChI=1S/C82H122N4O8/c1-53(2)15-11-17-55(5)65-25-27-67-61-21-19-57-49-59(31-35-79(57,7)69(61)33-37-81(65,67)9)93-73(87)51-83(52-74(88)94-60-32-36-80(8)58(50-60)20-22-62-68-28-26-66(56(6)18-12-16-54(3)4)82(68,10)38-34-70(62)80)43-45-91-47-48-92-46-44-86-77(89)63-23-29-71(84-39-13-40-84)76-72(85-41-14-42-85)30-24-64(75(63)76)78(86)90/h19-20,23-24,29-30,53-56,59-62,65-70H,11-18,21-22,25-28,31-52H2,1-10H3/t55?,56?,59?,60?,61?,62?,65?,66?,67?,68?,69?,70?,79-,80-,81+,82+/m0/s1. The van der Waals surface area contributed by atoms with Gasteiger partial charge in [0.05, 0.1) is 46.1 Å². The summed E-state index contributed by atoms with van der Waals surface area (Å²) in [4.78, 5) is 64.7. The fourth-order valence-corrected chi connectivity index (χ4v) is 23.2. The first kappa shape index (κ1) is 68.3. The number of fused-ring (bicyclic) bond motifs is 10. The van der Waals surface area contributed by atoms with Crippen LogP contribution in [-0.4, -0.2) is 125 Å². The minimum Gasteiger partial charge on any atom is -0.461 e. The molecule has 2 aromatic carbocycles. The Hall–Kier alpha value is -4.26. The maximum Gasteiger partial charge on any atom is 0.320 e. The van der Waals surface area contributed by atoms with Crippen LogP contribution in [0.15, 0.2) is 47.6 Å². The first-order valence-electron chi connectivity index (χ1n) is 38.8. The highest BCUT2D eigenvalue weighted by Crippen LogP contribution is 2.69. The van der Waals surface area contributed by atoms with Gasteiger partial charge in [-0.15, -0.1) is 0 Å². The zero-order valence-electron chi connectivity index (χ0n) is 60.1. The smallest absolute Gasteiger partial charge is 0.320 e. The Morgan fingerprint density at radius 2 is 0.989 bits per heavy atom. The summed E-state index contributed by atoms with van der Waals surface area (Å²) < 4.78 is 25.1. The second-order valence-electron chi connectivity index (χ2n) is 34.7. The number of imide groups is 1. The Morgan fingerprint density at radius 3 is 1.43 bits per heavy atom. The Labute approximate surface area is 566 Å². The topological polar surface area (TPSA) is 118 Å². The molecule has 2 aromatic rings. The molecule has 3 aliphatic heterocycles. The lowest BCUT2D eigenvalue weighted by Crippen LogP contribution is -2.51. The molecule has 3 heterocycles. The van der Waals surface area contributed by atoms with E-state index >= 15 is 0 Å².